The van der Waals surface area contributed by atoms with Crippen LogP contribution in [0, 0.1) is 0 Å². The van der Waals surface area contributed by atoms with Crippen molar-refractivity contribution in [2.45, 2.75) is 0 Å². The molecular weight excluding hydrogens is 264 g/mol. The van der Waals surface area contributed by atoms with E-state index in [1.165, 1.54) is 16.2 Å². The highest BCUT2D eigenvalue weighted by Crippen LogP contribution is 2.19. The molecule has 0 unspecified atom stereocenters. The van der Waals surface area contributed by atoms with E-state index in [1.807, 2.05) is 0 Å². The van der Waals surface area contributed by atoms with Gasteiger partial charge in [-0.2, -0.15) is 4.98 Å². The van der Waals surface area contributed by atoms with Gasteiger partial charge in [-0.25, -0.2) is 9.31 Å². The standard InChI is InChI=1S/C12H10N4O4/c1-15-8-5-6(20-2)3-4-7(8)16-10(11(15)17)13-9(14-16)12(18)19/h3-5H,1-2H3,(H,18,19). The highest BCUT2D eigenvalue weighted by molar-refractivity contribution is 5.85. The molecule has 3 rings (SSSR count). The maximum Gasteiger partial charge on any atom is 0.375 e. The van der Waals surface area contributed by atoms with Crippen LogP contribution in [0.1, 0.15) is 10.6 Å². The van der Waals surface area contributed by atoms with E-state index in [0.29, 0.717) is 16.8 Å². The van der Waals surface area contributed by atoms with Gasteiger partial charge in [-0.15, -0.1) is 5.10 Å². The fourth-order valence-corrected chi connectivity index (χ4v) is 2.05. The maximum atomic E-state index is 12.2. The van der Waals surface area contributed by atoms with Crippen molar-refractivity contribution in [2.24, 2.45) is 7.05 Å². The van der Waals surface area contributed by atoms with Gasteiger partial charge in [-0.1, -0.05) is 0 Å². The molecule has 1 N–H and O–H groups in total. The van der Waals surface area contributed by atoms with E-state index in [-0.39, 0.29) is 5.65 Å². The van der Waals surface area contributed by atoms with Crippen molar-refractivity contribution in [3.05, 3.63) is 34.4 Å². The largest absolute Gasteiger partial charge is 0.497 e. The van der Waals surface area contributed by atoms with Crippen LogP contribution in [-0.4, -0.2) is 37.4 Å². The smallest absolute Gasteiger partial charge is 0.375 e. The Kier molecular flexibility index (Phi) is 2.46. The van der Waals surface area contributed by atoms with Crippen LogP contribution < -0.4 is 10.3 Å². The number of hydrogen-bond acceptors (Lipinski definition) is 5. The second-order valence-electron chi connectivity index (χ2n) is 4.19. The molecule has 0 aliphatic rings. The van der Waals surface area contributed by atoms with Gasteiger partial charge in [0.15, 0.2) is 0 Å². The van der Waals surface area contributed by atoms with E-state index >= 15 is 0 Å². The molecule has 0 spiro atoms. The van der Waals surface area contributed by atoms with Gasteiger partial charge in [0, 0.05) is 13.1 Å². The number of carbonyl (C=O) groups is 1. The normalized spacial score (nSPS) is 11.1. The van der Waals surface area contributed by atoms with E-state index in [4.69, 9.17) is 9.84 Å². The lowest BCUT2D eigenvalue weighted by molar-refractivity contribution is 0.0684. The van der Waals surface area contributed by atoms with Crippen molar-refractivity contribution < 1.29 is 14.6 Å². The Bertz CT molecular complexity index is 909. The molecule has 2 aromatic heterocycles. The first kappa shape index (κ1) is 12.2. The van der Waals surface area contributed by atoms with Crippen molar-refractivity contribution in [1.82, 2.24) is 19.2 Å². The molecule has 0 fully saturated rings. The van der Waals surface area contributed by atoms with Crippen LogP contribution in [0.4, 0.5) is 0 Å². The highest BCUT2D eigenvalue weighted by Gasteiger charge is 2.17. The number of aryl methyl sites for hydroxylation is 1. The van der Waals surface area contributed by atoms with Gasteiger partial charge >= 0.3 is 5.97 Å². The zero-order valence-corrected chi connectivity index (χ0v) is 10.7. The van der Waals surface area contributed by atoms with E-state index in [1.54, 1.807) is 25.2 Å². The number of rotatable bonds is 2. The molecule has 0 bridgehead atoms. The summed E-state index contributed by atoms with van der Waals surface area (Å²) >= 11 is 0. The van der Waals surface area contributed by atoms with Crippen LogP contribution in [0.15, 0.2) is 23.0 Å². The minimum absolute atomic E-state index is 0.0254. The van der Waals surface area contributed by atoms with E-state index in [0.717, 1.165) is 0 Å². The van der Waals surface area contributed by atoms with Gasteiger partial charge < -0.3 is 14.4 Å². The lowest BCUT2D eigenvalue weighted by Gasteiger charge is -2.07. The summed E-state index contributed by atoms with van der Waals surface area (Å²) in [4.78, 5) is 26.9. The molecular formula is C12H10N4O4. The summed E-state index contributed by atoms with van der Waals surface area (Å²) in [5.41, 5.74) is 0.694. The number of fused-ring (bicyclic) bond motifs is 3. The molecule has 3 aromatic rings. The number of aromatic carboxylic acids is 1. The second-order valence-corrected chi connectivity index (χ2v) is 4.19. The molecule has 0 aliphatic heterocycles. The minimum atomic E-state index is -1.28. The van der Waals surface area contributed by atoms with Crippen molar-refractivity contribution in [3.63, 3.8) is 0 Å². The van der Waals surface area contributed by atoms with E-state index < -0.39 is 17.4 Å². The van der Waals surface area contributed by atoms with Gasteiger partial charge in [0.1, 0.15) is 5.75 Å². The molecule has 102 valence electrons. The van der Waals surface area contributed by atoms with Crippen molar-refractivity contribution >= 4 is 22.6 Å². The van der Waals surface area contributed by atoms with Gasteiger partial charge in [0.2, 0.25) is 5.65 Å². The Balaban J connectivity index is 2.52. The fraction of sp³-hybridized carbons (Fsp3) is 0.167. The summed E-state index contributed by atoms with van der Waals surface area (Å²) < 4.78 is 7.74. The monoisotopic (exact) mass is 274 g/mol. The van der Waals surface area contributed by atoms with Crippen LogP contribution in [0.2, 0.25) is 0 Å². The molecule has 8 heteroatoms. The van der Waals surface area contributed by atoms with Gasteiger partial charge in [0.05, 0.1) is 18.1 Å². The molecule has 20 heavy (non-hydrogen) atoms. The molecule has 0 saturated heterocycles. The van der Waals surface area contributed by atoms with Crippen LogP contribution in [0.25, 0.3) is 16.7 Å². The third kappa shape index (κ3) is 1.54. The summed E-state index contributed by atoms with van der Waals surface area (Å²) in [5.74, 6) is -1.10. The summed E-state index contributed by atoms with van der Waals surface area (Å²) in [5, 5.41) is 12.8. The number of nitrogens with zero attached hydrogens (tertiary/aromatic N) is 4. The van der Waals surface area contributed by atoms with Gasteiger partial charge in [0.25, 0.3) is 11.4 Å². The number of hydrogen-bond donors (Lipinski definition) is 1. The van der Waals surface area contributed by atoms with E-state index in [9.17, 15) is 9.59 Å². The topological polar surface area (TPSA) is 98.7 Å². The number of ether oxygens (including phenoxy) is 1. The summed E-state index contributed by atoms with van der Waals surface area (Å²) in [6, 6.07) is 5.08. The first-order valence-corrected chi connectivity index (χ1v) is 5.69. The number of aromatic nitrogens is 4. The SMILES string of the molecule is COc1ccc2c(c1)n(C)c(=O)c1nc(C(=O)O)nn12. The van der Waals surface area contributed by atoms with Crippen LogP contribution in [0.5, 0.6) is 5.75 Å². The van der Waals surface area contributed by atoms with Crippen molar-refractivity contribution in [1.29, 1.82) is 0 Å². The molecule has 0 aliphatic carbocycles. The lowest BCUT2D eigenvalue weighted by Crippen LogP contribution is -2.20. The molecule has 8 nitrogen and oxygen atoms in total. The summed E-state index contributed by atoms with van der Waals surface area (Å²) in [6.07, 6.45) is 0. The quantitative estimate of drug-likeness (QED) is 0.721. The average Bonchev–Trinajstić information content (AvgIpc) is 2.89. The first-order valence-electron chi connectivity index (χ1n) is 5.69. The Morgan fingerprint density at radius 2 is 2.10 bits per heavy atom. The lowest BCUT2D eigenvalue weighted by atomic mass is 10.2. The van der Waals surface area contributed by atoms with Crippen molar-refractivity contribution in [3.8, 4) is 5.75 Å². The number of methoxy groups -OCH3 is 1. The molecule has 0 amide bonds. The minimum Gasteiger partial charge on any atom is -0.497 e. The number of carboxylic acid groups (broad SMARTS) is 1. The molecule has 0 radical (unpaired) electrons. The maximum absolute atomic E-state index is 12.2. The predicted octanol–water partition coefficient (Wildman–Crippen LogP) is 0.288. The predicted molar refractivity (Wildman–Crippen MR) is 69.2 cm³/mol. The third-order valence-corrected chi connectivity index (χ3v) is 3.07. The fourth-order valence-electron chi connectivity index (χ4n) is 2.05. The second kappa shape index (κ2) is 4.05. The molecule has 0 saturated carbocycles. The molecule has 0 atom stereocenters. The van der Waals surface area contributed by atoms with Gasteiger partial charge in [-0.3, -0.25) is 4.79 Å². The van der Waals surface area contributed by atoms with Gasteiger partial charge in [-0.05, 0) is 12.1 Å². The highest BCUT2D eigenvalue weighted by atomic mass is 16.5. The zero-order valence-electron chi connectivity index (χ0n) is 10.7. The zero-order chi connectivity index (χ0) is 14.4. The molecule has 2 heterocycles. The Morgan fingerprint density at radius 1 is 1.35 bits per heavy atom. The number of benzene rings is 1. The number of carboxylic acids is 1. The summed E-state index contributed by atoms with van der Waals surface area (Å²) in [6.45, 7) is 0. The van der Waals surface area contributed by atoms with Crippen LogP contribution in [-0.2, 0) is 7.05 Å². The Morgan fingerprint density at radius 3 is 2.75 bits per heavy atom. The first-order chi connectivity index (χ1) is 9.52. The van der Waals surface area contributed by atoms with Crippen molar-refractivity contribution in [2.75, 3.05) is 7.11 Å². The average molecular weight is 274 g/mol. The van der Waals surface area contributed by atoms with Crippen LogP contribution in [0.3, 0.4) is 0 Å². The molecule has 1 aromatic carbocycles. The Hall–Kier alpha value is -2.90. The third-order valence-electron chi connectivity index (χ3n) is 3.07. The summed E-state index contributed by atoms with van der Waals surface area (Å²) in [7, 11) is 3.11. The van der Waals surface area contributed by atoms with E-state index in [2.05, 4.69) is 10.1 Å². The Labute approximate surface area is 111 Å². The van der Waals surface area contributed by atoms with Crippen LogP contribution >= 0.6 is 0 Å².